The van der Waals surface area contributed by atoms with Crippen LogP contribution in [-0.4, -0.2) is 40.6 Å². The Morgan fingerprint density at radius 2 is 2.12 bits per heavy atom. The molecule has 0 bridgehead atoms. The molecular weight excluding hydrogens is 220 g/mol. The van der Waals surface area contributed by atoms with E-state index in [9.17, 15) is 14.4 Å². The van der Waals surface area contributed by atoms with E-state index >= 15 is 0 Å². The molecule has 1 heterocycles. The fourth-order valence-electron chi connectivity index (χ4n) is 1.97. The van der Waals surface area contributed by atoms with E-state index in [-0.39, 0.29) is 17.6 Å². The minimum atomic E-state index is -0.850. The van der Waals surface area contributed by atoms with Crippen molar-refractivity contribution in [2.24, 2.45) is 0 Å². The van der Waals surface area contributed by atoms with E-state index in [0.29, 0.717) is 19.4 Å². The van der Waals surface area contributed by atoms with Crippen molar-refractivity contribution in [2.45, 2.75) is 52.1 Å². The molecule has 0 aliphatic carbocycles. The predicted octanol–water partition coefficient (Wildman–Crippen LogP) is 0.481. The lowest BCUT2D eigenvalue weighted by Crippen LogP contribution is -2.53. The van der Waals surface area contributed by atoms with Crippen LogP contribution >= 0.6 is 0 Å². The van der Waals surface area contributed by atoms with E-state index < -0.39 is 11.6 Å². The lowest BCUT2D eigenvalue weighted by molar-refractivity contribution is -0.140. The van der Waals surface area contributed by atoms with Crippen LogP contribution in [0.1, 0.15) is 40.5 Å². The third-order valence-electron chi connectivity index (χ3n) is 3.38. The highest BCUT2D eigenvalue weighted by molar-refractivity contribution is 5.96. The Kier molecular flexibility index (Phi) is 3.91. The molecule has 0 radical (unpaired) electrons. The van der Waals surface area contributed by atoms with Gasteiger partial charge in [0.15, 0.2) is 5.78 Å². The molecule has 1 fully saturated rings. The number of hydrogen-bond acceptors (Lipinski definition) is 3. The summed E-state index contributed by atoms with van der Waals surface area (Å²) in [4.78, 5) is 36.4. The quantitative estimate of drug-likeness (QED) is 0.777. The minimum absolute atomic E-state index is 0.0376. The van der Waals surface area contributed by atoms with Gasteiger partial charge in [-0.05, 0) is 27.2 Å². The topological polar surface area (TPSA) is 66.5 Å². The molecule has 0 aromatic rings. The van der Waals surface area contributed by atoms with Gasteiger partial charge in [0.2, 0.25) is 11.8 Å². The Morgan fingerprint density at radius 1 is 1.53 bits per heavy atom. The first-order chi connectivity index (χ1) is 7.81. The van der Waals surface area contributed by atoms with E-state index in [1.807, 2.05) is 0 Å². The van der Waals surface area contributed by atoms with Gasteiger partial charge in [-0.1, -0.05) is 6.92 Å². The highest BCUT2D eigenvalue weighted by atomic mass is 16.2. The lowest BCUT2D eigenvalue weighted by Gasteiger charge is -2.27. The number of ketones is 1. The van der Waals surface area contributed by atoms with E-state index in [0.717, 1.165) is 0 Å². The van der Waals surface area contributed by atoms with Crippen LogP contribution in [0.3, 0.4) is 0 Å². The van der Waals surface area contributed by atoms with Crippen LogP contribution in [0, 0.1) is 0 Å². The summed E-state index contributed by atoms with van der Waals surface area (Å²) in [6, 6.07) is -0.414. The summed E-state index contributed by atoms with van der Waals surface area (Å²) in [6.07, 6.45) is 0.903. The first-order valence-corrected chi connectivity index (χ1v) is 5.94. The second-order valence-electron chi connectivity index (χ2n) is 4.77. The van der Waals surface area contributed by atoms with Gasteiger partial charge in [0.05, 0.1) is 6.04 Å². The third kappa shape index (κ3) is 2.65. The van der Waals surface area contributed by atoms with Crippen LogP contribution in [0.2, 0.25) is 0 Å². The molecule has 5 nitrogen and oxygen atoms in total. The summed E-state index contributed by atoms with van der Waals surface area (Å²) < 4.78 is 0. The summed E-state index contributed by atoms with van der Waals surface area (Å²) >= 11 is 0. The molecule has 0 aromatic heterocycles. The minimum Gasteiger partial charge on any atom is -0.342 e. The highest BCUT2D eigenvalue weighted by Gasteiger charge is 2.45. The molecular formula is C12H20N2O3. The van der Waals surface area contributed by atoms with Gasteiger partial charge < -0.3 is 10.2 Å². The van der Waals surface area contributed by atoms with E-state index in [2.05, 4.69) is 5.32 Å². The molecule has 0 saturated carbocycles. The van der Waals surface area contributed by atoms with Gasteiger partial charge in [-0.25, -0.2) is 0 Å². The number of carbonyl (C=O) groups excluding carboxylic acids is 3. The fourth-order valence-corrected chi connectivity index (χ4v) is 1.97. The monoisotopic (exact) mass is 240 g/mol. The molecule has 1 aliphatic heterocycles. The molecule has 1 aliphatic rings. The van der Waals surface area contributed by atoms with Crippen molar-refractivity contribution in [3.05, 3.63) is 0 Å². The molecule has 0 aromatic carbocycles. The van der Waals surface area contributed by atoms with Crippen molar-refractivity contribution in [3.63, 3.8) is 0 Å². The highest BCUT2D eigenvalue weighted by Crippen LogP contribution is 2.24. The summed E-state index contributed by atoms with van der Waals surface area (Å²) in [7, 11) is 0. The van der Waals surface area contributed by atoms with Crippen LogP contribution < -0.4 is 5.32 Å². The van der Waals surface area contributed by atoms with E-state index in [1.54, 1.807) is 20.8 Å². The maximum Gasteiger partial charge on any atom is 0.248 e. The second kappa shape index (κ2) is 4.85. The number of hydrogen-bond donors (Lipinski definition) is 1. The van der Waals surface area contributed by atoms with Crippen molar-refractivity contribution >= 4 is 17.6 Å². The first-order valence-electron chi connectivity index (χ1n) is 5.94. The Hall–Kier alpha value is -1.39. The number of Topliss-reactive ketones (excluding diaryl/α,β-unsaturated/α-hetero) is 1. The molecule has 1 rings (SSSR count). The zero-order valence-electron chi connectivity index (χ0n) is 10.9. The van der Waals surface area contributed by atoms with Crippen molar-refractivity contribution in [1.82, 2.24) is 10.2 Å². The summed E-state index contributed by atoms with van der Waals surface area (Å²) in [6.45, 7) is 7.16. The van der Waals surface area contributed by atoms with Gasteiger partial charge in [-0.3, -0.25) is 14.4 Å². The summed E-state index contributed by atoms with van der Waals surface area (Å²) in [5.74, 6) is -0.343. The van der Waals surface area contributed by atoms with Crippen molar-refractivity contribution < 1.29 is 14.4 Å². The molecule has 2 amide bonds. The average Bonchev–Trinajstić information content (AvgIpc) is 2.54. The molecule has 96 valence electrons. The van der Waals surface area contributed by atoms with Gasteiger partial charge in [-0.15, -0.1) is 0 Å². The smallest absolute Gasteiger partial charge is 0.248 e. The van der Waals surface area contributed by atoms with Crippen LogP contribution in [0.5, 0.6) is 0 Å². The van der Waals surface area contributed by atoms with Crippen LogP contribution in [0.15, 0.2) is 0 Å². The number of carbonyl (C=O) groups is 3. The summed E-state index contributed by atoms with van der Waals surface area (Å²) in [5, 5.41) is 2.74. The van der Waals surface area contributed by atoms with Crippen LogP contribution in [0.4, 0.5) is 0 Å². The number of likely N-dealkylation sites (tertiary alicyclic amines) is 1. The largest absolute Gasteiger partial charge is 0.342 e. The Labute approximate surface area is 102 Å². The first kappa shape index (κ1) is 13.7. The normalized spacial score (nSPS) is 25.9. The van der Waals surface area contributed by atoms with Crippen molar-refractivity contribution in [2.75, 3.05) is 6.54 Å². The van der Waals surface area contributed by atoms with Crippen molar-refractivity contribution in [3.8, 4) is 0 Å². The number of nitrogens with one attached hydrogen (secondary N) is 1. The van der Waals surface area contributed by atoms with Gasteiger partial charge in [0.1, 0.15) is 5.54 Å². The Morgan fingerprint density at radius 3 is 2.59 bits per heavy atom. The third-order valence-corrected chi connectivity index (χ3v) is 3.38. The second-order valence-corrected chi connectivity index (χ2v) is 4.77. The molecule has 1 N–H and O–H groups in total. The average molecular weight is 240 g/mol. The Balaban J connectivity index is 2.78. The molecule has 0 spiro atoms. The van der Waals surface area contributed by atoms with Crippen LogP contribution in [0.25, 0.3) is 0 Å². The fraction of sp³-hybridized carbons (Fsp3) is 0.750. The molecule has 1 saturated heterocycles. The number of nitrogens with zero attached hydrogens (tertiary/aromatic N) is 1. The van der Waals surface area contributed by atoms with Gasteiger partial charge in [0, 0.05) is 13.0 Å². The SMILES string of the molecule is CCC(=O)NC1(C)CCN(C(C)C(C)=O)C1=O. The van der Waals surface area contributed by atoms with E-state index in [4.69, 9.17) is 0 Å². The van der Waals surface area contributed by atoms with Gasteiger partial charge in [0.25, 0.3) is 0 Å². The molecule has 17 heavy (non-hydrogen) atoms. The zero-order chi connectivity index (χ0) is 13.2. The zero-order valence-corrected chi connectivity index (χ0v) is 10.9. The molecule has 5 heteroatoms. The maximum atomic E-state index is 12.2. The maximum absolute atomic E-state index is 12.2. The lowest BCUT2D eigenvalue weighted by atomic mass is 10.0. The standard InChI is InChI=1S/C12H20N2O3/c1-5-10(16)13-12(4)6-7-14(11(12)17)8(2)9(3)15/h8H,5-7H2,1-4H3,(H,13,16). The van der Waals surface area contributed by atoms with Gasteiger partial charge >= 0.3 is 0 Å². The Bertz CT molecular complexity index is 354. The summed E-state index contributed by atoms with van der Waals surface area (Å²) in [5.41, 5.74) is -0.850. The van der Waals surface area contributed by atoms with E-state index in [1.165, 1.54) is 11.8 Å². The number of amides is 2. The molecule has 2 atom stereocenters. The number of rotatable bonds is 4. The predicted molar refractivity (Wildman–Crippen MR) is 63.3 cm³/mol. The van der Waals surface area contributed by atoms with Crippen LogP contribution in [-0.2, 0) is 14.4 Å². The van der Waals surface area contributed by atoms with Gasteiger partial charge in [-0.2, -0.15) is 0 Å². The molecule has 2 unspecified atom stereocenters. The van der Waals surface area contributed by atoms with Crippen molar-refractivity contribution in [1.29, 1.82) is 0 Å².